The summed E-state index contributed by atoms with van der Waals surface area (Å²) in [6.45, 7) is 3.52. The molecule has 0 bridgehead atoms. The summed E-state index contributed by atoms with van der Waals surface area (Å²) in [4.78, 5) is 20.6. The highest BCUT2D eigenvalue weighted by atomic mass is 32.1. The third-order valence-electron chi connectivity index (χ3n) is 3.38. The van der Waals surface area contributed by atoms with E-state index in [1.165, 1.54) is 35.6 Å². The van der Waals surface area contributed by atoms with Crippen LogP contribution in [0.15, 0.2) is 34.1 Å². The van der Waals surface area contributed by atoms with Gasteiger partial charge in [-0.1, -0.05) is 12.1 Å². The highest BCUT2D eigenvalue weighted by Crippen LogP contribution is 2.28. The smallest absolute Gasteiger partial charge is 0.439 e. The van der Waals surface area contributed by atoms with Crippen LogP contribution in [0.3, 0.4) is 0 Å². The highest BCUT2D eigenvalue weighted by molar-refractivity contribution is 7.14. The third-order valence-corrected chi connectivity index (χ3v) is 4.14. The number of carbonyl (C=O) groups is 1. The van der Waals surface area contributed by atoms with Crippen LogP contribution in [0, 0.1) is 13.8 Å². The molecule has 3 aromatic rings. The Balaban J connectivity index is 1.65. The Bertz CT molecular complexity index is 966. The number of amides is 1. The van der Waals surface area contributed by atoms with E-state index in [0.29, 0.717) is 33.7 Å². The lowest BCUT2D eigenvalue weighted by Crippen LogP contribution is -2.17. The number of alkyl halides is 3. The zero-order valence-corrected chi connectivity index (χ0v) is 15.1. The summed E-state index contributed by atoms with van der Waals surface area (Å²) in [5.74, 6) is 0.259. The van der Waals surface area contributed by atoms with Gasteiger partial charge in [-0.25, -0.2) is 9.97 Å². The van der Waals surface area contributed by atoms with Crippen LogP contribution >= 0.6 is 11.3 Å². The topological polar surface area (TPSA) is 77.2 Å². The number of oxazole rings is 1. The number of nitrogens with one attached hydrogen (secondary N) is 1. The van der Waals surface area contributed by atoms with Crippen LogP contribution in [0.5, 0.6) is 5.75 Å². The number of aromatic nitrogens is 2. The molecule has 0 fully saturated rings. The van der Waals surface area contributed by atoms with Crippen molar-refractivity contribution in [2.45, 2.75) is 26.6 Å². The van der Waals surface area contributed by atoms with Crippen molar-refractivity contribution in [1.82, 2.24) is 9.97 Å². The molecule has 0 saturated carbocycles. The number of hydrogen-bond acceptors (Lipinski definition) is 6. The Morgan fingerprint density at radius 3 is 2.74 bits per heavy atom. The van der Waals surface area contributed by atoms with Gasteiger partial charge in [0.05, 0.1) is 12.1 Å². The zero-order chi connectivity index (χ0) is 19.6. The van der Waals surface area contributed by atoms with E-state index in [4.69, 9.17) is 4.42 Å². The van der Waals surface area contributed by atoms with Crippen molar-refractivity contribution >= 4 is 22.4 Å². The lowest BCUT2D eigenvalue weighted by atomic mass is 10.1. The quantitative estimate of drug-likeness (QED) is 0.686. The monoisotopic (exact) mass is 397 g/mol. The molecule has 27 heavy (non-hydrogen) atoms. The van der Waals surface area contributed by atoms with Crippen LogP contribution in [0.25, 0.3) is 11.5 Å². The van der Waals surface area contributed by atoms with Crippen molar-refractivity contribution in [3.8, 4) is 17.2 Å². The van der Waals surface area contributed by atoms with Gasteiger partial charge in [-0.05, 0) is 24.6 Å². The highest BCUT2D eigenvalue weighted by Gasteiger charge is 2.31. The Labute approximate surface area is 156 Å². The molecular formula is C17H14F3N3O3S. The second-order valence-electron chi connectivity index (χ2n) is 5.61. The third kappa shape index (κ3) is 5.07. The molecule has 0 aliphatic carbocycles. The lowest BCUT2D eigenvalue weighted by molar-refractivity contribution is -0.274. The van der Waals surface area contributed by atoms with Crippen LogP contribution in [0.4, 0.5) is 18.3 Å². The van der Waals surface area contributed by atoms with Crippen molar-refractivity contribution in [3.63, 3.8) is 0 Å². The largest absolute Gasteiger partial charge is 0.573 e. The first-order chi connectivity index (χ1) is 12.7. The van der Waals surface area contributed by atoms with Gasteiger partial charge in [0, 0.05) is 12.3 Å². The van der Waals surface area contributed by atoms with E-state index in [1.807, 2.05) is 0 Å². The molecule has 1 amide bonds. The normalized spacial score (nSPS) is 11.4. The number of carbonyl (C=O) groups excluding carboxylic acids is 1. The zero-order valence-electron chi connectivity index (χ0n) is 14.3. The molecule has 3 rings (SSSR count). The number of aryl methyl sites for hydroxylation is 2. The molecule has 0 spiro atoms. The summed E-state index contributed by atoms with van der Waals surface area (Å²) in [7, 11) is 0. The Hall–Kier alpha value is -2.88. The van der Waals surface area contributed by atoms with Gasteiger partial charge in [-0.3, -0.25) is 4.79 Å². The van der Waals surface area contributed by atoms with Crippen LogP contribution in [0.1, 0.15) is 17.1 Å². The first-order valence-corrected chi connectivity index (χ1v) is 8.62. The number of anilines is 1. The number of thiazole rings is 1. The molecular weight excluding hydrogens is 383 g/mol. The second kappa shape index (κ2) is 7.39. The predicted octanol–water partition coefficient (Wildman–Crippen LogP) is 4.49. The maximum Gasteiger partial charge on any atom is 0.573 e. The van der Waals surface area contributed by atoms with Crippen LogP contribution < -0.4 is 10.1 Å². The molecule has 0 aliphatic heterocycles. The summed E-state index contributed by atoms with van der Waals surface area (Å²) in [5, 5.41) is 4.69. The van der Waals surface area contributed by atoms with Crippen molar-refractivity contribution in [2.75, 3.05) is 5.32 Å². The molecule has 1 aromatic carbocycles. The van der Waals surface area contributed by atoms with Crippen LogP contribution in [-0.4, -0.2) is 22.2 Å². The molecule has 1 N–H and O–H groups in total. The molecule has 0 atom stereocenters. The fourth-order valence-electron chi connectivity index (χ4n) is 2.41. The molecule has 10 heteroatoms. The maximum atomic E-state index is 12.3. The van der Waals surface area contributed by atoms with Crippen molar-refractivity contribution < 1.29 is 27.1 Å². The summed E-state index contributed by atoms with van der Waals surface area (Å²) in [5.41, 5.74) is 1.62. The summed E-state index contributed by atoms with van der Waals surface area (Å²) < 4.78 is 46.2. The number of hydrogen-bond donors (Lipinski definition) is 1. The maximum absolute atomic E-state index is 12.3. The number of halogens is 3. The molecule has 0 saturated heterocycles. The van der Waals surface area contributed by atoms with Gasteiger partial charge in [-0.15, -0.1) is 24.5 Å². The molecule has 6 nitrogen and oxygen atoms in total. The van der Waals surface area contributed by atoms with Crippen molar-refractivity contribution in [3.05, 3.63) is 46.8 Å². The van der Waals surface area contributed by atoms with Crippen molar-refractivity contribution in [2.24, 2.45) is 0 Å². The SMILES string of the molecule is Cc1nc(C)c(-c2csc(NC(=O)Cc3cccc(OC(F)(F)F)c3)n2)o1. The minimum absolute atomic E-state index is 0.121. The van der Waals surface area contributed by atoms with Gasteiger partial charge in [-0.2, -0.15) is 0 Å². The summed E-state index contributed by atoms with van der Waals surface area (Å²) in [6.07, 6.45) is -4.90. The first kappa shape index (κ1) is 18.9. The fourth-order valence-corrected chi connectivity index (χ4v) is 3.11. The molecule has 142 valence electrons. The second-order valence-corrected chi connectivity index (χ2v) is 6.46. The molecule has 0 aliphatic rings. The molecule has 0 unspecified atom stereocenters. The van der Waals surface area contributed by atoms with E-state index in [0.717, 1.165) is 0 Å². The van der Waals surface area contributed by atoms with Gasteiger partial charge in [0.2, 0.25) is 5.91 Å². The molecule has 2 aromatic heterocycles. The van der Waals surface area contributed by atoms with Gasteiger partial charge in [0.25, 0.3) is 0 Å². The minimum atomic E-state index is -4.78. The average molecular weight is 397 g/mol. The Morgan fingerprint density at radius 2 is 2.07 bits per heavy atom. The Kier molecular flexibility index (Phi) is 5.17. The minimum Gasteiger partial charge on any atom is -0.439 e. The van der Waals surface area contributed by atoms with Crippen LogP contribution in [-0.2, 0) is 11.2 Å². The van der Waals surface area contributed by atoms with Gasteiger partial charge in [0.1, 0.15) is 11.4 Å². The van der Waals surface area contributed by atoms with Gasteiger partial charge in [0.15, 0.2) is 16.8 Å². The molecule has 2 heterocycles. The van der Waals surface area contributed by atoms with Crippen LogP contribution in [0.2, 0.25) is 0 Å². The van der Waals surface area contributed by atoms with E-state index in [9.17, 15) is 18.0 Å². The van der Waals surface area contributed by atoms with E-state index in [-0.39, 0.29) is 12.2 Å². The summed E-state index contributed by atoms with van der Waals surface area (Å²) in [6, 6.07) is 5.27. The standard InChI is InChI=1S/C17H14F3N3O3S/c1-9-15(25-10(2)21-9)13-8-27-16(22-13)23-14(24)7-11-4-3-5-12(6-11)26-17(18,19)20/h3-6,8H,7H2,1-2H3,(H,22,23,24). The van der Waals surface area contributed by atoms with Crippen molar-refractivity contribution in [1.29, 1.82) is 0 Å². The number of benzene rings is 1. The van der Waals surface area contributed by atoms with E-state index in [2.05, 4.69) is 20.0 Å². The van der Waals surface area contributed by atoms with Gasteiger partial charge < -0.3 is 14.5 Å². The number of nitrogens with zero attached hydrogens (tertiary/aromatic N) is 2. The van der Waals surface area contributed by atoms with E-state index < -0.39 is 12.3 Å². The Morgan fingerprint density at radius 1 is 1.30 bits per heavy atom. The fraction of sp³-hybridized carbons (Fsp3) is 0.235. The number of rotatable bonds is 5. The first-order valence-electron chi connectivity index (χ1n) is 7.74. The van der Waals surface area contributed by atoms with E-state index in [1.54, 1.807) is 19.2 Å². The van der Waals surface area contributed by atoms with Gasteiger partial charge >= 0.3 is 6.36 Å². The predicted molar refractivity (Wildman–Crippen MR) is 92.5 cm³/mol. The lowest BCUT2D eigenvalue weighted by Gasteiger charge is -2.09. The summed E-state index contributed by atoms with van der Waals surface area (Å²) >= 11 is 1.21. The number of ether oxygens (including phenoxy) is 1. The van der Waals surface area contributed by atoms with E-state index >= 15 is 0 Å². The molecule has 0 radical (unpaired) electrons. The average Bonchev–Trinajstić information content (AvgIpc) is 3.11.